The highest BCUT2D eigenvalue weighted by molar-refractivity contribution is 5.95. The molecule has 6 atom stereocenters. The number of rotatable bonds is 6. The lowest BCUT2D eigenvalue weighted by atomic mass is 9.84. The van der Waals surface area contributed by atoms with Gasteiger partial charge in [-0.2, -0.15) is 0 Å². The molecule has 0 aromatic carbocycles. The predicted octanol–water partition coefficient (Wildman–Crippen LogP) is 3.27. The lowest BCUT2D eigenvalue weighted by Crippen LogP contribution is -2.29. The largest absolute Gasteiger partial charge is 0.468 e. The van der Waals surface area contributed by atoms with Crippen LogP contribution in [0.4, 0.5) is 0 Å². The van der Waals surface area contributed by atoms with E-state index in [1.807, 2.05) is 6.92 Å². The molecule has 0 saturated carbocycles. The second kappa shape index (κ2) is 12.1. The van der Waals surface area contributed by atoms with E-state index in [-0.39, 0.29) is 36.2 Å². The molecule has 9 heteroatoms. The summed E-state index contributed by atoms with van der Waals surface area (Å²) in [7, 11) is 1.34. The number of aliphatic hydroxyl groups excluding tert-OH is 1. The summed E-state index contributed by atoms with van der Waals surface area (Å²) in [5.74, 6) is 0.960. The van der Waals surface area contributed by atoms with Crippen molar-refractivity contribution in [2.24, 2.45) is 23.7 Å². The van der Waals surface area contributed by atoms with E-state index in [4.69, 9.17) is 15.9 Å². The SMILES string of the molecule is C#C[C@H]1C(C)=C2/C=C3\N/C(=C4\c5[nH]c(c(C)c5[C@@H](O)[C@@H]4C(=O)OC)/C=c4\[nH]/c(c(C)c4CC)=C\C1N2)[C@@H](CCC(=O)OCC)[C@@H]3C. The molecule has 0 amide bonds. The van der Waals surface area contributed by atoms with Crippen LogP contribution in [0.5, 0.6) is 0 Å². The third-order valence-electron chi connectivity index (χ3n) is 10.5. The number of terminal acetylenes is 1. The van der Waals surface area contributed by atoms with Crippen LogP contribution in [0.3, 0.4) is 0 Å². The molecule has 2 aromatic rings. The summed E-state index contributed by atoms with van der Waals surface area (Å²) in [4.78, 5) is 33.2. The van der Waals surface area contributed by atoms with Gasteiger partial charge < -0.3 is 35.2 Å². The van der Waals surface area contributed by atoms with E-state index in [0.717, 1.165) is 51.0 Å². The summed E-state index contributed by atoms with van der Waals surface area (Å²) in [5.41, 5.74) is 9.93. The molecule has 5 heterocycles. The predicted molar refractivity (Wildman–Crippen MR) is 177 cm³/mol. The zero-order chi connectivity index (χ0) is 33.0. The number of fused-ring (bicyclic) bond motifs is 7. The average molecular weight is 625 g/mol. The van der Waals surface area contributed by atoms with Crippen molar-refractivity contribution in [3.8, 4) is 12.3 Å². The number of carbonyl (C=O) groups is 2. The number of aliphatic hydroxyl groups is 1. The topological polar surface area (TPSA) is 128 Å². The van der Waals surface area contributed by atoms with Crippen molar-refractivity contribution in [1.82, 2.24) is 20.6 Å². The normalized spacial score (nSPS) is 30.3. The molecule has 2 aromatic heterocycles. The summed E-state index contributed by atoms with van der Waals surface area (Å²) < 4.78 is 10.5. The summed E-state index contributed by atoms with van der Waals surface area (Å²) in [6.07, 6.45) is 13.0. The van der Waals surface area contributed by atoms with Crippen molar-refractivity contribution in [3.05, 3.63) is 73.1 Å². The number of carbonyl (C=O) groups excluding carboxylic acids is 2. The van der Waals surface area contributed by atoms with Gasteiger partial charge in [-0.15, -0.1) is 6.42 Å². The minimum atomic E-state index is -1.10. The number of ether oxygens (including phenoxy) is 2. The highest BCUT2D eigenvalue weighted by Gasteiger charge is 2.48. The third-order valence-corrected chi connectivity index (χ3v) is 10.5. The van der Waals surface area contributed by atoms with Crippen LogP contribution in [0.2, 0.25) is 0 Å². The molecule has 1 fully saturated rings. The quantitative estimate of drug-likeness (QED) is 0.247. The maximum absolute atomic E-state index is 13.4. The first-order chi connectivity index (χ1) is 22.0. The molecule has 6 rings (SSSR count). The molecule has 1 unspecified atom stereocenters. The van der Waals surface area contributed by atoms with Crippen molar-refractivity contribution in [2.45, 2.75) is 73.0 Å². The standard InChI is InChI=1S/C37H44N4O5/c1-9-21-17(4)24-14-26-19(6)23(12-13-30(42)46-11-3)34(40-26)32-33(37(44)45-8)36(43)31-20(7)27(41-35(31)32)16-29-22(10-2)18(5)25(39-29)15-28(21)38-24/h1,14-16,19,21,23,28,33,36,38-41,43H,10-13H2,2-8H3/b25-15-,26-14-,29-16-,34-32-/t19-,21-,23-,28?,33+,36+/m0/s1. The summed E-state index contributed by atoms with van der Waals surface area (Å²) in [6, 6.07) is -0.107. The zero-order valence-electron chi connectivity index (χ0n) is 27.7. The van der Waals surface area contributed by atoms with Crippen LogP contribution in [0.15, 0.2) is 28.7 Å². The molecule has 46 heavy (non-hydrogen) atoms. The number of hydrogen-bond acceptors (Lipinski definition) is 7. The molecule has 8 bridgehead atoms. The van der Waals surface area contributed by atoms with E-state index in [2.05, 4.69) is 72.4 Å². The van der Waals surface area contributed by atoms with E-state index < -0.39 is 18.0 Å². The number of esters is 2. The minimum Gasteiger partial charge on any atom is -0.468 e. The fourth-order valence-corrected chi connectivity index (χ4v) is 7.91. The fourth-order valence-electron chi connectivity index (χ4n) is 7.91. The Morgan fingerprint density at radius 1 is 1.09 bits per heavy atom. The van der Waals surface area contributed by atoms with Gasteiger partial charge in [0.2, 0.25) is 0 Å². The minimum absolute atomic E-state index is 0.0384. The number of hydrogen-bond donors (Lipinski definition) is 5. The van der Waals surface area contributed by atoms with Crippen LogP contribution < -0.4 is 21.3 Å². The van der Waals surface area contributed by atoms with Crippen molar-refractivity contribution in [3.63, 3.8) is 0 Å². The van der Waals surface area contributed by atoms with Crippen molar-refractivity contribution in [2.75, 3.05) is 13.7 Å². The summed E-state index contributed by atoms with van der Waals surface area (Å²) >= 11 is 0. The molecule has 5 N–H and O–H groups in total. The van der Waals surface area contributed by atoms with Crippen LogP contribution >= 0.6 is 0 Å². The van der Waals surface area contributed by atoms with Crippen LogP contribution in [0.25, 0.3) is 17.7 Å². The van der Waals surface area contributed by atoms with Gasteiger partial charge in [-0.3, -0.25) is 9.59 Å². The van der Waals surface area contributed by atoms with Crippen LogP contribution in [-0.2, 0) is 25.5 Å². The van der Waals surface area contributed by atoms with E-state index in [1.165, 1.54) is 18.2 Å². The Bertz CT molecular complexity index is 1880. The van der Waals surface area contributed by atoms with Crippen molar-refractivity contribution in [1.29, 1.82) is 0 Å². The molecule has 4 aliphatic rings. The fraction of sp³-hybridized carbons (Fsp3) is 0.459. The first-order valence-corrected chi connectivity index (χ1v) is 16.3. The Kier molecular flexibility index (Phi) is 8.28. The molecular weight excluding hydrogens is 580 g/mol. The van der Waals surface area contributed by atoms with Gasteiger partial charge in [0.25, 0.3) is 0 Å². The van der Waals surface area contributed by atoms with Gasteiger partial charge >= 0.3 is 11.9 Å². The van der Waals surface area contributed by atoms with Gasteiger partial charge in [0.15, 0.2) is 0 Å². The Labute approximate surface area is 269 Å². The van der Waals surface area contributed by atoms with Gasteiger partial charge in [-0.25, -0.2) is 0 Å². The number of methoxy groups -OCH3 is 1. The number of allylic oxidation sites excluding steroid dienone is 3. The maximum Gasteiger partial charge on any atom is 0.316 e. The second-order valence-electron chi connectivity index (χ2n) is 12.8. The molecule has 3 aliphatic heterocycles. The maximum atomic E-state index is 13.4. The smallest absolute Gasteiger partial charge is 0.316 e. The van der Waals surface area contributed by atoms with Gasteiger partial charge in [0.1, 0.15) is 5.92 Å². The average Bonchev–Trinajstić information content (AvgIpc) is 3.77. The second-order valence-corrected chi connectivity index (χ2v) is 12.8. The Morgan fingerprint density at radius 3 is 2.52 bits per heavy atom. The van der Waals surface area contributed by atoms with Crippen molar-refractivity contribution >= 4 is 29.7 Å². The third kappa shape index (κ3) is 4.91. The Balaban J connectivity index is 1.65. The highest BCUT2D eigenvalue weighted by Crippen LogP contribution is 2.52. The molecule has 9 nitrogen and oxygen atoms in total. The number of nitrogens with one attached hydrogen (secondary N) is 4. The summed E-state index contributed by atoms with van der Waals surface area (Å²) in [5, 5.41) is 21.1. The lowest BCUT2D eigenvalue weighted by Gasteiger charge is -2.21. The van der Waals surface area contributed by atoms with Gasteiger partial charge in [0, 0.05) is 62.9 Å². The van der Waals surface area contributed by atoms with Gasteiger partial charge in [-0.1, -0.05) is 19.8 Å². The molecule has 1 aliphatic carbocycles. The van der Waals surface area contributed by atoms with Crippen LogP contribution in [-0.4, -0.2) is 46.8 Å². The highest BCUT2D eigenvalue weighted by atomic mass is 16.5. The number of aromatic amines is 2. The number of aromatic nitrogens is 2. The van der Waals surface area contributed by atoms with E-state index in [0.29, 0.717) is 29.9 Å². The van der Waals surface area contributed by atoms with Gasteiger partial charge in [-0.05, 0) is 81.0 Å². The molecule has 0 spiro atoms. The van der Waals surface area contributed by atoms with Crippen LogP contribution in [0.1, 0.15) is 80.3 Å². The molecule has 1 saturated heterocycles. The Hall–Kier alpha value is -4.42. The van der Waals surface area contributed by atoms with Crippen molar-refractivity contribution < 1.29 is 24.2 Å². The van der Waals surface area contributed by atoms with Crippen LogP contribution in [0, 0.1) is 49.9 Å². The molecule has 0 radical (unpaired) electrons. The van der Waals surface area contributed by atoms with E-state index in [9.17, 15) is 14.7 Å². The number of H-pyrrole nitrogens is 2. The lowest BCUT2D eigenvalue weighted by molar-refractivity contribution is -0.146. The molecular formula is C37H44N4O5. The molecule has 242 valence electrons. The monoisotopic (exact) mass is 624 g/mol. The van der Waals surface area contributed by atoms with Gasteiger partial charge in [0.05, 0.1) is 37.5 Å². The van der Waals surface area contributed by atoms with E-state index >= 15 is 0 Å². The first-order valence-electron chi connectivity index (χ1n) is 16.3. The first kappa shape index (κ1) is 31.6. The zero-order valence-corrected chi connectivity index (χ0v) is 27.7. The Morgan fingerprint density at radius 2 is 1.85 bits per heavy atom. The summed E-state index contributed by atoms with van der Waals surface area (Å²) in [6.45, 7) is 12.5. The van der Waals surface area contributed by atoms with E-state index in [1.54, 1.807) is 6.92 Å².